The molecule has 2 heterocycles. The molecule has 0 fully saturated rings. The highest BCUT2D eigenvalue weighted by Crippen LogP contribution is 2.46. The lowest BCUT2D eigenvalue weighted by Crippen LogP contribution is -2.17. The first-order valence-electron chi connectivity index (χ1n) is 9.59. The fourth-order valence-corrected chi connectivity index (χ4v) is 4.89. The molecule has 3 aromatic rings. The number of pyridine rings is 1. The van der Waals surface area contributed by atoms with Crippen LogP contribution in [0.15, 0.2) is 18.2 Å². The highest BCUT2D eigenvalue weighted by atomic mass is 32.1. The minimum Gasteiger partial charge on any atom is -0.497 e. The molecule has 31 heavy (non-hydrogen) atoms. The lowest BCUT2D eigenvalue weighted by atomic mass is 9.90. The van der Waals surface area contributed by atoms with Crippen molar-refractivity contribution in [3.63, 3.8) is 0 Å². The molecule has 1 aromatic carbocycles. The van der Waals surface area contributed by atoms with Gasteiger partial charge in [-0.15, -0.1) is 11.3 Å². The van der Waals surface area contributed by atoms with Crippen LogP contribution in [0.4, 0.5) is 24.5 Å². The Morgan fingerprint density at radius 3 is 2.61 bits per heavy atom. The molecule has 0 spiro atoms. The zero-order chi connectivity index (χ0) is 22.3. The van der Waals surface area contributed by atoms with E-state index in [1.165, 1.54) is 14.2 Å². The van der Waals surface area contributed by atoms with E-state index < -0.39 is 17.6 Å². The van der Waals surface area contributed by atoms with Crippen LogP contribution < -0.4 is 20.5 Å². The minimum absolute atomic E-state index is 0.0202. The molecule has 1 aliphatic carbocycles. The van der Waals surface area contributed by atoms with Gasteiger partial charge in [0.25, 0.3) is 5.91 Å². The standard InChI is InChI=1S/C21H20F3N3O3S/c1-29-10-7-8-13(14(9-10)30-2)26-19(28)18-17(25)15-16(21(22,23)24)11-5-3-4-6-12(11)27-20(15)31-18/h7-9H,3-6,25H2,1-2H3,(H,26,28). The molecule has 164 valence electrons. The van der Waals surface area contributed by atoms with Crippen LogP contribution in [0.25, 0.3) is 10.2 Å². The summed E-state index contributed by atoms with van der Waals surface area (Å²) >= 11 is 0.862. The van der Waals surface area contributed by atoms with Crippen LogP contribution in [0.1, 0.15) is 39.3 Å². The molecule has 0 saturated carbocycles. The molecule has 0 atom stereocenters. The van der Waals surface area contributed by atoms with Gasteiger partial charge in [-0.2, -0.15) is 13.2 Å². The van der Waals surface area contributed by atoms with Gasteiger partial charge < -0.3 is 20.5 Å². The number of nitrogen functional groups attached to an aromatic ring is 1. The molecule has 0 bridgehead atoms. The maximum Gasteiger partial charge on any atom is 0.417 e. The number of hydrogen-bond donors (Lipinski definition) is 2. The van der Waals surface area contributed by atoms with Crippen molar-refractivity contribution in [1.29, 1.82) is 0 Å². The SMILES string of the molecule is COc1ccc(NC(=O)c2sc3nc4c(c(C(F)(F)F)c3c2N)CCCC4)c(OC)c1. The van der Waals surface area contributed by atoms with Crippen molar-refractivity contribution in [2.75, 3.05) is 25.3 Å². The first-order chi connectivity index (χ1) is 14.7. The molecular formula is C21H20F3N3O3S. The summed E-state index contributed by atoms with van der Waals surface area (Å²) in [5, 5.41) is 2.47. The normalized spacial score (nSPS) is 13.7. The number of methoxy groups -OCH3 is 2. The van der Waals surface area contributed by atoms with Crippen LogP contribution in [0, 0.1) is 0 Å². The van der Waals surface area contributed by atoms with Gasteiger partial charge in [0.1, 0.15) is 21.2 Å². The van der Waals surface area contributed by atoms with Gasteiger partial charge in [0.05, 0.1) is 31.2 Å². The summed E-state index contributed by atoms with van der Waals surface area (Å²) in [5.41, 5.74) is 6.10. The lowest BCUT2D eigenvalue weighted by molar-refractivity contribution is -0.137. The lowest BCUT2D eigenvalue weighted by Gasteiger charge is -2.21. The van der Waals surface area contributed by atoms with Crippen molar-refractivity contribution in [1.82, 2.24) is 4.98 Å². The van der Waals surface area contributed by atoms with E-state index in [0.29, 0.717) is 42.1 Å². The Kier molecular flexibility index (Phi) is 5.42. The third-order valence-electron chi connectivity index (χ3n) is 5.30. The Morgan fingerprint density at radius 2 is 1.94 bits per heavy atom. The number of rotatable bonds is 4. The summed E-state index contributed by atoms with van der Waals surface area (Å²) in [4.78, 5) is 17.5. The van der Waals surface area contributed by atoms with Gasteiger partial charge in [-0.1, -0.05) is 0 Å². The first kappa shape index (κ1) is 21.2. The number of alkyl halides is 3. The highest BCUT2D eigenvalue weighted by Gasteiger charge is 2.39. The van der Waals surface area contributed by atoms with Crippen molar-refractivity contribution >= 4 is 38.8 Å². The van der Waals surface area contributed by atoms with Gasteiger partial charge in [0.15, 0.2) is 0 Å². The number of benzene rings is 1. The topological polar surface area (TPSA) is 86.5 Å². The molecule has 6 nitrogen and oxygen atoms in total. The second kappa shape index (κ2) is 7.92. The van der Waals surface area contributed by atoms with E-state index in [1.807, 2.05) is 0 Å². The molecule has 2 aromatic heterocycles. The van der Waals surface area contributed by atoms with Crippen LogP contribution in [0.2, 0.25) is 0 Å². The Balaban J connectivity index is 1.81. The molecule has 0 radical (unpaired) electrons. The Bertz CT molecular complexity index is 1170. The average Bonchev–Trinajstić information content (AvgIpc) is 3.07. The van der Waals surface area contributed by atoms with Crippen LogP contribution >= 0.6 is 11.3 Å². The maximum atomic E-state index is 14.0. The van der Waals surface area contributed by atoms with Gasteiger partial charge in [0, 0.05) is 17.1 Å². The number of fused-ring (bicyclic) bond motifs is 2. The van der Waals surface area contributed by atoms with Gasteiger partial charge in [-0.05, 0) is 43.4 Å². The van der Waals surface area contributed by atoms with E-state index in [9.17, 15) is 18.0 Å². The number of hydrogen-bond acceptors (Lipinski definition) is 6. The Hall–Kier alpha value is -3.01. The van der Waals surface area contributed by atoms with Crippen LogP contribution in [-0.4, -0.2) is 25.1 Å². The van der Waals surface area contributed by atoms with E-state index in [1.54, 1.807) is 18.2 Å². The number of nitrogens with one attached hydrogen (secondary N) is 1. The van der Waals surface area contributed by atoms with Crippen molar-refractivity contribution in [3.05, 3.63) is 39.9 Å². The largest absolute Gasteiger partial charge is 0.497 e. The number of carbonyl (C=O) groups excluding carboxylic acids is 1. The zero-order valence-corrected chi connectivity index (χ0v) is 17.7. The van der Waals surface area contributed by atoms with Crippen molar-refractivity contribution in [2.45, 2.75) is 31.9 Å². The number of aromatic nitrogens is 1. The van der Waals surface area contributed by atoms with E-state index in [0.717, 1.165) is 17.8 Å². The maximum absolute atomic E-state index is 14.0. The molecule has 3 N–H and O–H groups in total. The number of ether oxygens (including phenoxy) is 2. The smallest absolute Gasteiger partial charge is 0.417 e. The molecule has 0 aliphatic heterocycles. The third-order valence-corrected chi connectivity index (χ3v) is 6.40. The van der Waals surface area contributed by atoms with Crippen molar-refractivity contribution in [3.8, 4) is 11.5 Å². The number of halogens is 3. The highest BCUT2D eigenvalue weighted by molar-refractivity contribution is 7.21. The molecular weight excluding hydrogens is 431 g/mol. The van der Waals surface area contributed by atoms with Crippen molar-refractivity contribution in [2.24, 2.45) is 0 Å². The molecule has 1 amide bonds. The summed E-state index contributed by atoms with van der Waals surface area (Å²) in [5.74, 6) is 0.243. The molecule has 10 heteroatoms. The summed E-state index contributed by atoms with van der Waals surface area (Å²) < 4.78 is 52.4. The third kappa shape index (κ3) is 3.76. The average molecular weight is 451 g/mol. The van der Waals surface area contributed by atoms with Gasteiger partial charge in [-0.3, -0.25) is 4.79 Å². The first-order valence-corrected chi connectivity index (χ1v) is 10.4. The van der Waals surface area contributed by atoms with E-state index >= 15 is 0 Å². The van der Waals surface area contributed by atoms with E-state index in [-0.39, 0.29) is 26.3 Å². The molecule has 1 aliphatic rings. The zero-order valence-electron chi connectivity index (χ0n) is 16.9. The van der Waals surface area contributed by atoms with E-state index in [2.05, 4.69) is 10.3 Å². The van der Waals surface area contributed by atoms with Gasteiger partial charge >= 0.3 is 6.18 Å². The summed E-state index contributed by atoms with van der Waals surface area (Å²) in [6, 6.07) is 4.79. The summed E-state index contributed by atoms with van der Waals surface area (Å²) in [7, 11) is 2.93. The molecule has 4 rings (SSSR count). The molecule has 0 saturated heterocycles. The number of carbonyl (C=O) groups is 1. The Labute approximate surface area is 180 Å². The molecule has 0 unspecified atom stereocenters. The number of amides is 1. The van der Waals surface area contributed by atoms with Crippen LogP contribution in [-0.2, 0) is 19.0 Å². The number of anilines is 2. The van der Waals surface area contributed by atoms with E-state index in [4.69, 9.17) is 15.2 Å². The second-order valence-corrected chi connectivity index (χ2v) is 8.16. The van der Waals surface area contributed by atoms with Crippen LogP contribution in [0.5, 0.6) is 11.5 Å². The Morgan fingerprint density at radius 1 is 1.19 bits per heavy atom. The second-order valence-electron chi connectivity index (χ2n) is 7.16. The predicted octanol–water partition coefficient (Wildman–Crippen LogP) is 5.05. The number of aryl methyl sites for hydroxylation is 1. The number of thiophene rings is 1. The summed E-state index contributed by atoms with van der Waals surface area (Å²) in [6.45, 7) is 0. The van der Waals surface area contributed by atoms with Gasteiger partial charge in [-0.25, -0.2) is 4.98 Å². The fraction of sp³-hybridized carbons (Fsp3) is 0.333. The number of nitrogens with two attached hydrogens (primary N) is 1. The number of nitrogens with zero attached hydrogens (tertiary/aromatic N) is 1. The predicted molar refractivity (Wildman–Crippen MR) is 113 cm³/mol. The monoisotopic (exact) mass is 451 g/mol. The van der Waals surface area contributed by atoms with Gasteiger partial charge in [0.2, 0.25) is 0 Å². The minimum atomic E-state index is -4.59. The van der Waals surface area contributed by atoms with Crippen LogP contribution in [0.3, 0.4) is 0 Å². The summed E-state index contributed by atoms with van der Waals surface area (Å²) in [6.07, 6.45) is -2.36. The fourth-order valence-electron chi connectivity index (χ4n) is 3.87. The quantitative estimate of drug-likeness (QED) is 0.580. The van der Waals surface area contributed by atoms with Crippen molar-refractivity contribution < 1.29 is 27.4 Å².